The van der Waals surface area contributed by atoms with Crippen molar-refractivity contribution in [1.29, 1.82) is 0 Å². The molecule has 1 amide bonds. The van der Waals surface area contributed by atoms with E-state index in [9.17, 15) is 32.9 Å². The molecule has 1 N–H and O–H groups in total. The third-order valence-corrected chi connectivity index (χ3v) is 5.66. The fourth-order valence-corrected chi connectivity index (χ4v) is 3.95. The largest absolute Gasteiger partial charge is 0.453 e. The first kappa shape index (κ1) is 24.1. The molecule has 3 rings (SSSR count). The minimum absolute atomic E-state index is 0.00111. The molecule has 0 radical (unpaired) electrons. The molecule has 0 aliphatic rings. The Bertz CT molecular complexity index is 1160. The molecule has 0 aliphatic carbocycles. The van der Waals surface area contributed by atoms with Crippen LogP contribution >= 0.6 is 11.3 Å². The van der Waals surface area contributed by atoms with Gasteiger partial charge in [-0.1, -0.05) is 12.1 Å². The molecule has 0 bridgehead atoms. The molecule has 1 unspecified atom stereocenters. The van der Waals surface area contributed by atoms with Gasteiger partial charge in [-0.2, -0.15) is 13.2 Å². The van der Waals surface area contributed by atoms with Gasteiger partial charge in [-0.25, -0.2) is 4.98 Å². The van der Waals surface area contributed by atoms with Crippen molar-refractivity contribution < 1.29 is 32.4 Å². The molecule has 0 aliphatic heterocycles. The average molecular weight is 481 g/mol. The second-order valence-electron chi connectivity index (χ2n) is 7.03. The maximum absolute atomic E-state index is 13.2. The van der Waals surface area contributed by atoms with Crippen LogP contribution in [0.5, 0.6) is 0 Å². The lowest BCUT2D eigenvalue weighted by Gasteiger charge is -2.16. The molecular weight excluding hydrogens is 463 g/mol. The highest BCUT2D eigenvalue weighted by Gasteiger charge is 2.36. The van der Waals surface area contributed by atoms with Crippen LogP contribution in [0, 0.1) is 10.1 Å². The summed E-state index contributed by atoms with van der Waals surface area (Å²) in [5.74, 6) is -1.67. The number of amides is 1. The number of nitro benzene ring substituents is 1. The number of carbonyl (C=O) groups excluding carboxylic acids is 2. The van der Waals surface area contributed by atoms with Crippen LogP contribution in [0.4, 0.5) is 24.5 Å². The van der Waals surface area contributed by atoms with Gasteiger partial charge in [-0.3, -0.25) is 19.7 Å². The first-order chi connectivity index (χ1) is 15.5. The van der Waals surface area contributed by atoms with Gasteiger partial charge in [0.1, 0.15) is 0 Å². The van der Waals surface area contributed by atoms with Crippen molar-refractivity contribution in [1.82, 2.24) is 4.98 Å². The Hall–Kier alpha value is -3.54. The highest BCUT2D eigenvalue weighted by molar-refractivity contribution is 7.18. The number of para-hydroxylation sites is 1. The molecule has 0 saturated carbocycles. The fraction of sp³-hybridized carbons (Fsp3) is 0.286. The minimum Gasteiger partial charge on any atom is -0.453 e. The van der Waals surface area contributed by atoms with Gasteiger partial charge >= 0.3 is 12.1 Å². The molecule has 3 aromatic rings. The van der Waals surface area contributed by atoms with Crippen molar-refractivity contribution in [3.63, 3.8) is 0 Å². The Morgan fingerprint density at radius 3 is 2.64 bits per heavy atom. The van der Waals surface area contributed by atoms with Crippen molar-refractivity contribution in [3.8, 4) is 0 Å². The lowest BCUT2D eigenvalue weighted by Crippen LogP contribution is -2.30. The van der Waals surface area contributed by atoms with Crippen molar-refractivity contribution >= 4 is 44.8 Å². The van der Waals surface area contributed by atoms with Crippen LogP contribution in [0.1, 0.15) is 30.3 Å². The van der Waals surface area contributed by atoms with E-state index in [-0.39, 0.29) is 6.42 Å². The average Bonchev–Trinajstić information content (AvgIpc) is 3.15. The third kappa shape index (κ3) is 6.25. The van der Waals surface area contributed by atoms with E-state index in [1.54, 1.807) is 0 Å². The van der Waals surface area contributed by atoms with Crippen molar-refractivity contribution in [2.45, 2.75) is 38.5 Å². The number of benzene rings is 2. The summed E-state index contributed by atoms with van der Waals surface area (Å²) in [6.07, 6.45) is -5.34. The number of nitro groups is 1. The predicted octanol–water partition coefficient (Wildman–Crippen LogP) is 5.12. The molecular formula is C21H18F3N3O5S. The van der Waals surface area contributed by atoms with Gasteiger partial charge in [0.05, 0.1) is 31.4 Å². The SMILES string of the molecule is CC(OC(=O)CCCc1nc2ccccc2s1)C(=O)Nc1ccc([N+](=O)[O-])cc1C(F)(F)F. The van der Waals surface area contributed by atoms with Gasteiger partial charge < -0.3 is 10.1 Å². The Labute approximate surface area is 189 Å². The van der Waals surface area contributed by atoms with E-state index in [1.807, 2.05) is 29.6 Å². The Morgan fingerprint density at radius 2 is 1.97 bits per heavy atom. The second-order valence-corrected chi connectivity index (χ2v) is 8.15. The number of thiazole rings is 1. The van der Waals surface area contributed by atoms with Crippen LogP contribution in [-0.2, 0) is 26.9 Å². The molecule has 174 valence electrons. The number of non-ortho nitro benzene ring substituents is 1. The van der Waals surface area contributed by atoms with E-state index < -0.39 is 46.0 Å². The number of carbonyl (C=O) groups is 2. The smallest absolute Gasteiger partial charge is 0.418 e. The monoisotopic (exact) mass is 481 g/mol. The van der Waals surface area contributed by atoms with Crippen LogP contribution in [0.15, 0.2) is 42.5 Å². The molecule has 1 atom stereocenters. The zero-order valence-electron chi connectivity index (χ0n) is 17.2. The molecule has 1 aromatic heterocycles. The van der Waals surface area contributed by atoms with Gasteiger partial charge in [0.2, 0.25) is 0 Å². The number of alkyl halides is 3. The number of halogens is 3. The maximum Gasteiger partial charge on any atom is 0.418 e. The van der Waals surface area contributed by atoms with Gasteiger partial charge in [0, 0.05) is 18.6 Å². The summed E-state index contributed by atoms with van der Waals surface area (Å²) in [5, 5.41) is 13.6. The molecule has 1 heterocycles. The third-order valence-electron chi connectivity index (χ3n) is 4.56. The molecule has 0 spiro atoms. The maximum atomic E-state index is 13.2. The quantitative estimate of drug-likeness (QED) is 0.272. The van der Waals surface area contributed by atoms with Crippen LogP contribution in [0.2, 0.25) is 0 Å². The lowest BCUT2D eigenvalue weighted by atomic mass is 10.1. The van der Waals surface area contributed by atoms with Crippen molar-refractivity contribution in [2.24, 2.45) is 0 Å². The highest BCUT2D eigenvalue weighted by atomic mass is 32.1. The number of rotatable bonds is 8. The number of ether oxygens (including phenoxy) is 1. The van der Waals surface area contributed by atoms with Gasteiger partial charge in [0.25, 0.3) is 11.6 Å². The summed E-state index contributed by atoms with van der Waals surface area (Å²) in [6.45, 7) is 1.22. The number of esters is 1. The first-order valence-corrected chi connectivity index (χ1v) is 10.6. The molecule has 0 saturated heterocycles. The number of aromatic nitrogens is 1. The standard InChI is InChI=1S/C21H18F3N3O5S/c1-12(20(29)26-15-10-9-13(27(30)31)11-14(15)21(22,23)24)32-19(28)8-4-7-18-25-16-5-2-3-6-17(16)33-18/h2-3,5-6,9-12H,4,7-8H2,1H3,(H,26,29). The molecule has 2 aromatic carbocycles. The molecule has 33 heavy (non-hydrogen) atoms. The van der Waals surface area contributed by atoms with Crippen molar-refractivity contribution in [2.75, 3.05) is 5.32 Å². The Kier molecular flexibility index (Phi) is 7.26. The van der Waals surface area contributed by atoms with E-state index in [2.05, 4.69) is 4.98 Å². The number of anilines is 1. The summed E-state index contributed by atoms with van der Waals surface area (Å²) in [4.78, 5) is 38.5. The van der Waals surface area contributed by atoms with Gasteiger partial charge in [0.15, 0.2) is 6.10 Å². The number of aryl methyl sites for hydroxylation is 1. The fourth-order valence-electron chi connectivity index (χ4n) is 2.94. The van der Waals surface area contributed by atoms with Gasteiger partial charge in [-0.05, 0) is 38.0 Å². The Balaban J connectivity index is 1.54. The summed E-state index contributed by atoms with van der Waals surface area (Å²) in [5.41, 5.74) is -1.95. The van der Waals surface area contributed by atoms with Crippen LogP contribution in [0.25, 0.3) is 10.2 Å². The molecule has 8 nitrogen and oxygen atoms in total. The summed E-state index contributed by atoms with van der Waals surface area (Å²) in [6, 6.07) is 9.56. The van der Waals surface area contributed by atoms with Gasteiger partial charge in [-0.15, -0.1) is 11.3 Å². The zero-order chi connectivity index (χ0) is 24.2. The number of fused-ring (bicyclic) bond motifs is 1. The number of hydrogen-bond donors (Lipinski definition) is 1. The zero-order valence-corrected chi connectivity index (χ0v) is 18.0. The topological polar surface area (TPSA) is 111 Å². The van der Waals surface area contributed by atoms with E-state index in [0.717, 1.165) is 27.4 Å². The minimum atomic E-state index is -4.94. The van der Waals surface area contributed by atoms with E-state index in [0.29, 0.717) is 18.9 Å². The summed E-state index contributed by atoms with van der Waals surface area (Å²) < 4.78 is 45.8. The number of hydrogen-bond acceptors (Lipinski definition) is 7. The Morgan fingerprint density at radius 1 is 1.24 bits per heavy atom. The lowest BCUT2D eigenvalue weighted by molar-refractivity contribution is -0.385. The first-order valence-electron chi connectivity index (χ1n) is 9.75. The summed E-state index contributed by atoms with van der Waals surface area (Å²) in [7, 11) is 0. The van der Waals surface area contributed by atoms with Crippen molar-refractivity contribution in [3.05, 3.63) is 63.1 Å². The van der Waals surface area contributed by atoms with E-state index in [1.165, 1.54) is 18.3 Å². The number of nitrogens with one attached hydrogen (secondary N) is 1. The predicted molar refractivity (Wildman–Crippen MR) is 115 cm³/mol. The van der Waals surface area contributed by atoms with E-state index >= 15 is 0 Å². The van der Waals surface area contributed by atoms with Crippen LogP contribution < -0.4 is 5.32 Å². The number of nitrogens with zero attached hydrogens (tertiary/aromatic N) is 2. The summed E-state index contributed by atoms with van der Waals surface area (Å²) >= 11 is 1.51. The van der Waals surface area contributed by atoms with Crippen LogP contribution in [-0.4, -0.2) is 27.9 Å². The second kappa shape index (κ2) is 9.94. The highest BCUT2D eigenvalue weighted by Crippen LogP contribution is 2.37. The molecule has 0 fully saturated rings. The van der Waals surface area contributed by atoms with E-state index in [4.69, 9.17) is 4.74 Å². The van der Waals surface area contributed by atoms with Crippen LogP contribution in [0.3, 0.4) is 0 Å². The normalized spacial score (nSPS) is 12.4. The molecule has 12 heteroatoms.